The summed E-state index contributed by atoms with van der Waals surface area (Å²) in [6.07, 6.45) is 1.75. The molecule has 0 aliphatic carbocycles. The lowest BCUT2D eigenvalue weighted by atomic mass is 10.4. The Morgan fingerprint density at radius 3 is 2.62 bits per heavy atom. The average molecular weight is 360 g/mol. The van der Waals surface area contributed by atoms with E-state index < -0.39 is 0 Å². The molecule has 2 rings (SSSR count). The molecule has 0 fully saturated rings. The minimum Gasteiger partial charge on any atom is -0.397 e. The van der Waals surface area contributed by atoms with Crippen molar-refractivity contribution < 1.29 is 0 Å². The summed E-state index contributed by atoms with van der Waals surface area (Å²) in [6.45, 7) is 0. The van der Waals surface area contributed by atoms with Crippen LogP contribution in [0.1, 0.15) is 0 Å². The highest BCUT2D eigenvalue weighted by molar-refractivity contribution is 9.10. The minimum atomic E-state index is 0.680. The Kier molecular flexibility index (Phi) is 3.89. The van der Waals surface area contributed by atoms with Gasteiger partial charge < -0.3 is 5.73 Å². The number of benzene rings is 1. The second-order valence-electron chi connectivity index (χ2n) is 3.11. The molecular formula is C11H8Br2N2S. The Balaban J connectivity index is 2.27. The van der Waals surface area contributed by atoms with E-state index in [0.717, 1.165) is 18.9 Å². The maximum Gasteiger partial charge on any atom is 0.124 e. The number of nitrogens with zero attached hydrogens (tertiary/aromatic N) is 1. The second-order valence-corrected chi connectivity index (χ2v) is 6.00. The normalized spacial score (nSPS) is 10.4. The van der Waals surface area contributed by atoms with Crippen molar-refractivity contribution >= 4 is 49.3 Å². The molecule has 2 N–H and O–H groups in total. The molecule has 1 aromatic carbocycles. The van der Waals surface area contributed by atoms with Crippen LogP contribution in [0.2, 0.25) is 0 Å². The molecule has 0 aliphatic rings. The van der Waals surface area contributed by atoms with Gasteiger partial charge in [0.15, 0.2) is 0 Å². The first kappa shape index (κ1) is 12.0. The monoisotopic (exact) mass is 358 g/mol. The predicted molar refractivity (Wildman–Crippen MR) is 74.6 cm³/mol. The van der Waals surface area contributed by atoms with Crippen molar-refractivity contribution in [2.45, 2.75) is 9.92 Å². The van der Waals surface area contributed by atoms with E-state index in [4.69, 9.17) is 5.73 Å². The highest BCUT2D eigenvalue weighted by atomic mass is 79.9. The van der Waals surface area contributed by atoms with Gasteiger partial charge in [0.05, 0.1) is 5.69 Å². The zero-order valence-corrected chi connectivity index (χ0v) is 12.1. The molecule has 0 aliphatic heterocycles. The van der Waals surface area contributed by atoms with Crippen molar-refractivity contribution in [3.05, 3.63) is 45.5 Å². The van der Waals surface area contributed by atoms with Crippen molar-refractivity contribution in [3.63, 3.8) is 0 Å². The molecule has 82 valence electrons. The summed E-state index contributed by atoms with van der Waals surface area (Å²) in [7, 11) is 0. The molecular weight excluding hydrogens is 352 g/mol. The molecule has 16 heavy (non-hydrogen) atoms. The lowest BCUT2D eigenvalue weighted by molar-refractivity contribution is 1.13. The predicted octanol–water partition coefficient (Wildman–Crippen LogP) is 4.34. The van der Waals surface area contributed by atoms with Gasteiger partial charge in [-0.15, -0.1) is 0 Å². The van der Waals surface area contributed by atoms with Crippen LogP contribution in [0.25, 0.3) is 0 Å². The molecule has 5 heteroatoms. The highest BCUT2D eigenvalue weighted by Crippen LogP contribution is 2.32. The van der Waals surface area contributed by atoms with Crippen molar-refractivity contribution in [1.29, 1.82) is 0 Å². The summed E-state index contributed by atoms with van der Waals surface area (Å²) in [5.41, 5.74) is 6.56. The van der Waals surface area contributed by atoms with Crippen LogP contribution in [-0.2, 0) is 0 Å². The summed E-state index contributed by atoms with van der Waals surface area (Å²) in [5, 5.41) is 0.821. The van der Waals surface area contributed by atoms with Crippen LogP contribution in [0.5, 0.6) is 0 Å². The van der Waals surface area contributed by atoms with E-state index in [-0.39, 0.29) is 0 Å². The largest absolute Gasteiger partial charge is 0.397 e. The molecule has 1 aromatic heterocycles. The third-order valence-corrected chi connectivity index (χ3v) is 3.81. The van der Waals surface area contributed by atoms with Gasteiger partial charge in [-0.25, -0.2) is 4.98 Å². The minimum absolute atomic E-state index is 0.680. The number of hydrogen-bond acceptors (Lipinski definition) is 3. The standard InChI is InChI=1S/C11H8Br2N2S/c12-7-2-1-3-9(4-7)16-11-10(14)5-8(13)6-15-11/h1-6H,14H2. The molecule has 0 unspecified atom stereocenters. The van der Waals surface area contributed by atoms with E-state index in [9.17, 15) is 0 Å². The molecule has 0 saturated heterocycles. The first-order chi connectivity index (χ1) is 7.65. The van der Waals surface area contributed by atoms with Gasteiger partial charge in [-0.05, 0) is 40.2 Å². The molecule has 2 nitrogen and oxygen atoms in total. The SMILES string of the molecule is Nc1cc(Br)cnc1Sc1cccc(Br)c1. The molecule has 0 atom stereocenters. The fourth-order valence-corrected chi connectivity index (χ4v) is 2.91. The van der Waals surface area contributed by atoms with Crippen LogP contribution in [0.3, 0.4) is 0 Å². The van der Waals surface area contributed by atoms with Gasteiger partial charge in [0.2, 0.25) is 0 Å². The van der Waals surface area contributed by atoms with Gasteiger partial charge >= 0.3 is 0 Å². The Morgan fingerprint density at radius 1 is 1.12 bits per heavy atom. The van der Waals surface area contributed by atoms with Gasteiger partial charge in [0.25, 0.3) is 0 Å². The molecule has 0 radical (unpaired) electrons. The first-order valence-electron chi connectivity index (χ1n) is 4.49. The zero-order chi connectivity index (χ0) is 11.5. The van der Waals surface area contributed by atoms with E-state index in [1.807, 2.05) is 30.3 Å². The van der Waals surface area contributed by atoms with E-state index in [0.29, 0.717) is 5.69 Å². The van der Waals surface area contributed by atoms with Gasteiger partial charge in [-0.2, -0.15) is 0 Å². The molecule has 0 saturated carbocycles. The highest BCUT2D eigenvalue weighted by Gasteiger charge is 2.04. The molecule has 0 spiro atoms. The van der Waals surface area contributed by atoms with E-state index in [1.54, 1.807) is 18.0 Å². The van der Waals surface area contributed by atoms with Crippen molar-refractivity contribution in [3.8, 4) is 0 Å². The number of pyridine rings is 1. The summed E-state index contributed by atoms with van der Waals surface area (Å²) in [5.74, 6) is 0. The number of nitrogen functional groups attached to an aromatic ring is 1. The van der Waals surface area contributed by atoms with E-state index in [1.165, 1.54) is 0 Å². The number of hydrogen-bond donors (Lipinski definition) is 1. The first-order valence-corrected chi connectivity index (χ1v) is 6.90. The van der Waals surface area contributed by atoms with Gasteiger partial charge in [0, 0.05) is 20.0 Å². The van der Waals surface area contributed by atoms with Gasteiger partial charge in [0.1, 0.15) is 5.03 Å². The summed E-state index contributed by atoms with van der Waals surface area (Å²) < 4.78 is 1.94. The van der Waals surface area contributed by atoms with Crippen LogP contribution in [0.4, 0.5) is 5.69 Å². The van der Waals surface area contributed by atoms with Gasteiger partial charge in [-0.3, -0.25) is 0 Å². The van der Waals surface area contributed by atoms with Crippen LogP contribution >= 0.6 is 43.6 Å². The van der Waals surface area contributed by atoms with Crippen molar-refractivity contribution in [2.75, 3.05) is 5.73 Å². The maximum absolute atomic E-state index is 5.88. The third-order valence-electron chi connectivity index (χ3n) is 1.86. The third kappa shape index (κ3) is 2.99. The number of nitrogens with two attached hydrogens (primary N) is 1. The Bertz CT molecular complexity index is 517. The lowest BCUT2D eigenvalue weighted by Crippen LogP contribution is -1.91. The fraction of sp³-hybridized carbons (Fsp3) is 0. The van der Waals surface area contributed by atoms with Crippen LogP contribution in [0, 0.1) is 0 Å². The van der Waals surface area contributed by atoms with E-state index >= 15 is 0 Å². The zero-order valence-electron chi connectivity index (χ0n) is 8.15. The number of halogens is 2. The maximum atomic E-state index is 5.88. The van der Waals surface area contributed by atoms with Crippen LogP contribution < -0.4 is 5.73 Å². The second kappa shape index (κ2) is 5.21. The Morgan fingerprint density at radius 2 is 1.94 bits per heavy atom. The topological polar surface area (TPSA) is 38.9 Å². The number of aromatic nitrogens is 1. The summed E-state index contributed by atoms with van der Waals surface area (Å²) >= 11 is 8.32. The summed E-state index contributed by atoms with van der Waals surface area (Å²) in [6, 6.07) is 9.89. The molecule has 0 bridgehead atoms. The van der Waals surface area contributed by atoms with E-state index in [2.05, 4.69) is 36.8 Å². The summed E-state index contributed by atoms with van der Waals surface area (Å²) in [4.78, 5) is 5.39. The number of anilines is 1. The lowest BCUT2D eigenvalue weighted by Gasteiger charge is -2.04. The Labute approximate surface area is 115 Å². The molecule has 2 aromatic rings. The van der Waals surface area contributed by atoms with Crippen LogP contribution in [0.15, 0.2) is 55.4 Å². The average Bonchev–Trinajstić information content (AvgIpc) is 2.22. The fourth-order valence-electron chi connectivity index (χ4n) is 1.17. The molecule has 1 heterocycles. The Hall–Kier alpha value is -0.520. The van der Waals surface area contributed by atoms with Gasteiger partial charge in [-0.1, -0.05) is 33.8 Å². The van der Waals surface area contributed by atoms with Crippen LogP contribution in [-0.4, -0.2) is 4.98 Å². The number of rotatable bonds is 2. The molecule has 0 amide bonds. The van der Waals surface area contributed by atoms with Crippen molar-refractivity contribution in [1.82, 2.24) is 4.98 Å². The quantitative estimate of drug-likeness (QED) is 0.866. The smallest absolute Gasteiger partial charge is 0.124 e. The van der Waals surface area contributed by atoms with Crippen molar-refractivity contribution in [2.24, 2.45) is 0 Å².